The normalized spacial score (nSPS) is 12.8. The molecule has 1 heterocycles. The second kappa shape index (κ2) is 7.31. The first-order valence-corrected chi connectivity index (χ1v) is 9.78. The summed E-state index contributed by atoms with van der Waals surface area (Å²) in [6, 6.07) is 15.0. The first-order valence-electron chi connectivity index (χ1n) is 8.30. The van der Waals surface area contributed by atoms with Gasteiger partial charge in [-0.05, 0) is 43.3 Å². The van der Waals surface area contributed by atoms with Crippen LogP contribution in [0.15, 0.2) is 63.9 Å². The van der Waals surface area contributed by atoms with Crippen molar-refractivity contribution in [2.75, 3.05) is 6.54 Å². The fraction of sp³-hybridized carbons (Fsp3) is 0.211. The number of hydrogen-bond donors (Lipinski definition) is 2. The molecular weight excluding hydrogens is 352 g/mol. The predicted molar refractivity (Wildman–Crippen MR) is 99.4 cm³/mol. The maximum Gasteiger partial charge on any atom is 0.251 e. The van der Waals surface area contributed by atoms with Gasteiger partial charge in [-0.15, -0.1) is 0 Å². The third kappa shape index (κ3) is 3.79. The quantitative estimate of drug-likeness (QED) is 0.695. The van der Waals surface area contributed by atoms with Gasteiger partial charge >= 0.3 is 0 Å². The van der Waals surface area contributed by atoms with Crippen LogP contribution in [0, 0.1) is 0 Å². The molecule has 0 radical (unpaired) electrons. The summed E-state index contributed by atoms with van der Waals surface area (Å²) in [7, 11) is -3.53. The summed E-state index contributed by atoms with van der Waals surface area (Å²) in [5, 5.41) is 3.83. The van der Waals surface area contributed by atoms with Crippen molar-refractivity contribution in [3.8, 4) is 0 Å². The van der Waals surface area contributed by atoms with Crippen molar-refractivity contribution < 1.29 is 17.6 Å². The smallest absolute Gasteiger partial charge is 0.251 e. The molecule has 3 rings (SSSR count). The number of para-hydroxylation sites is 1. The van der Waals surface area contributed by atoms with Crippen molar-refractivity contribution in [3.63, 3.8) is 0 Å². The number of nitrogens with one attached hydrogen (secondary N) is 2. The molecule has 0 saturated carbocycles. The number of furan rings is 1. The maximum atomic E-state index is 12.4. The Hall–Kier alpha value is -2.64. The van der Waals surface area contributed by atoms with Gasteiger partial charge < -0.3 is 9.73 Å². The molecule has 0 saturated heterocycles. The molecule has 0 aliphatic carbocycles. The van der Waals surface area contributed by atoms with Crippen LogP contribution in [-0.4, -0.2) is 20.9 Å². The van der Waals surface area contributed by atoms with Crippen molar-refractivity contribution in [2.24, 2.45) is 0 Å². The number of carbonyl (C=O) groups is 1. The summed E-state index contributed by atoms with van der Waals surface area (Å²) in [5.41, 5.74) is 1.14. The molecule has 0 spiro atoms. The highest BCUT2D eigenvalue weighted by Crippen LogP contribution is 2.23. The average molecular weight is 372 g/mol. The van der Waals surface area contributed by atoms with E-state index in [1.54, 1.807) is 6.92 Å². The molecule has 136 valence electrons. The van der Waals surface area contributed by atoms with Gasteiger partial charge in [0.25, 0.3) is 5.91 Å². The van der Waals surface area contributed by atoms with Crippen LogP contribution in [0.4, 0.5) is 0 Å². The topological polar surface area (TPSA) is 88.4 Å². The molecule has 0 unspecified atom stereocenters. The zero-order valence-corrected chi connectivity index (χ0v) is 15.3. The summed E-state index contributed by atoms with van der Waals surface area (Å²) in [6.07, 6.45) is 0. The Balaban J connectivity index is 1.73. The molecule has 1 amide bonds. The number of rotatable bonds is 6. The fourth-order valence-electron chi connectivity index (χ4n) is 2.63. The molecule has 2 N–H and O–H groups in total. The minimum absolute atomic E-state index is 0.126. The third-order valence-corrected chi connectivity index (χ3v) is 5.54. The van der Waals surface area contributed by atoms with Crippen LogP contribution in [0.5, 0.6) is 0 Å². The van der Waals surface area contributed by atoms with E-state index in [9.17, 15) is 13.2 Å². The van der Waals surface area contributed by atoms with Crippen LogP contribution in [0.2, 0.25) is 0 Å². The molecule has 0 fully saturated rings. The molecule has 1 atom stereocenters. The van der Waals surface area contributed by atoms with Crippen LogP contribution in [-0.2, 0) is 10.0 Å². The van der Waals surface area contributed by atoms with Gasteiger partial charge in [-0.3, -0.25) is 4.79 Å². The summed E-state index contributed by atoms with van der Waals surface area (Å²) in [4.78, 5) is 12.5. The predicted octanol–water partition coefficient (Wildman–Crippen LogP) is 3.22. The lowest BCUT2D eigenvalue weighted by Crippen LogP contribution is -2.26. The van der Waals surface area contributed by atoms with E-state index < -0.39 is 10.0 Å². The number of sulfonamides is 1. The zero-order valence-electron chi connectivity index (χ0n) is 14.5. The van der Waals surface area contributed by atoms with Crippen molar-refractivity contribution >= 4 is 26.9 Å². The van der Waals surface area contributed by atoms with E-state index in [0.717, 1.165) is 11.0 Å². The van der Waals surface area contributed by atoms with Gasteiger partial charge in [0.1, 0.15) is 11.3 Å². The Labute approximate surface area is 152 Å². The van der Waals surface area contributed by atoms with Crippen molar-refractivity contribution in [1.82, 2.24) is 10.0 Å². The molecule has 2 aromatic carbocycles. The summed E-state index contributed by atoms with van der Waals surface area (Å²) >= 11 is 0. The molecule has 0 bridgehead atoms. The lowest BCUT2D eigenvalue weighted by molar-refractivity contribution is 0.0935. The van der Waals surface area contributed by atoms with Crippen LogP contribution < -0.4 is 10.0 Å². The van der Waals surface area contributed by atoms with Crippen molar-refractivity contribution in [1.29, 1.82) is 0 Å². The Morgan fingerprint density at radius 1 is 1.12 bits per heavy atom. The molecule has 6 nitrogen and oxygen atoms in total. The molecule has 7 heteroatoms. The molecule has 3 aromatic rings. The van der Waals surface area contributed by atoms with Gasteiger partial charge in [0.2, 0.25) is 10.0 Å². The molecule has 1 aromatic heterocycles. The lowest BCUT2D eigenvalue weighted by atomic mass is 10.1. The van der Waals surface area contributed by atoms with Crippen LogP contribution in [0.1, 0.15) is 36.0 Å². The Morgan fingerprint density at radius 2 is 1.81 bits per heavy atom. The van der Waals surface area contributed by atoms with E-state index in [-0.39, 0.29) is 16.8 Å². The number of hydrogen-bond acceptors (Lipinski definition) is 4. The second-order valence-corrected chi connectivity index (χ2v) is 7.67. The number of benzene rings is 2. The Bertz CT molecular complexity index is 990. The van der Waals surface area contributed by atoms with Crippen molar-refractivity contribution in [3.05, 3.63) is 65.9 Å². The fourth-order valence-corrected chi connectivity index (χ4v) is 3.67. The number of amides is 1. The highest BCUT2D eigenvalue weighted by atomic mass is 32.2. The first-order chi connectivity index (χ1) is 12.4. The van der Waals surface area contributed by atoms with Gasteiger partial charge in [0.15, 0.2) is 0 Å². The van der Waals surface area contributed by atoms with Crippen LogP contribution >= 0.6 is 0 Å². The lowest BCUT2D eigenvalue weighted by Gasteiger charge is -2.12. The largest absolute Gasteiger partial charge is 0.459 e. The van der Waals surface area contributed by atoms with Crippen molar-refractivity contribution in [2.45, 2.75) is 24.8 Å². The summed E-state index contributed by atoms with van der Waals surface area (Å²) < 4.78 is 32.0. The van der Waals surface area contributed by atoms with Gasteiger partial charge in [-0.25, -0.2) is 13.1 Å². The van der Waals surface area contributed by atoms with E-state index in [2.05, 4.69) is 10.0 Å². The molecule has 26 heavy (non-hydrogen) atoms. The summed E-state index contributed by atoms with van der Waals surface area (Å²) in [5.74, 6) is 0.358. The van der Waals surface area contributed by atoms with Gasteiger partial charge in [0.05, 0.1) is 10.9 Å². The molecule has 0 aliphatic heterocycles. The maximum absolute atomic E-state index is 12.4. The standard InChI is InChI=1S/C19H20N2O4S/c1-3-20-26(23,24)16-10-8-14(9-11-16)19(22)21-13(2)18-12-15-6-4-5-7-17(15)25-18/h4-13,20H,3H2,1-2H3,(H,21,22)/t13-/m1/s1. The highest BCUT2D eigenvalue weighted by molar-refractivity contribution is 7.89. The SMILES string of the molecule is CCNS(=O)(=O)c1ccc(C(=O)N[C@H](C)c2cc3ccccc3o2)cc1. The average Bonchev–Trinajstić information content (AvgIpc) is 3.06. The minimum atomic E-state index is -3.53. The Morgan fingerprint density at radius 3 is 2.46 bits per heavy atom. The van der Waals surface area contributed by atoms with Crippen LogP contribution in [0.25, 0.3) is 11.0 Å². The Kier molecular flexibility index (Phi) is 5.11. The van der Waals surface area contributed by atoms with Crippen LogP contribution in [0.3, 0.4) is 0 Å². The van der Waals surface area contributed by atoms with E-state index in [1.807, 2.05) is 37.3 Å². The zero-order chi connectivity index (χ0) is 18.7. The number of fused-ring (bicyclic) bond motifs is 1. The third-order valence-electron chi connectivity index (χ3n) is 3.98. The monoisotopic (exact) mass is 372 g/mol. The van der Waals surface area contributed by atoms with E-state index >= 15 is 0 Å². The van der Waals surface area contributed by atoms with Gasteiger partial charge in [-0.1, -0.05) is 25.1 Å². The second-order valence-electron chi connectivity index (χ2n) is 5.91. The van der Waals surface area contributed by atoms with E-state index in [1.165, 1.54) is 24.3 Å². The van der Waals surface area contributed by atoms with Gasteiger partial charge in [-0.2, -0.15) is 0 Å². The van der Waals surface area contributed by atoms with E-state index in [0.29, 0.717) is 17.9 Å². The highest BCUT2D eigenvalue weighted by Gasteiger charge is 2.17. The summed E-state index contributed by atoms with van der Waals surface area (Å²) in [6.45, 7) is 3.85. The minimum Gasteiger partial charge on any atom is -0.459 e. The van der Waals surface area contributed by atoms with Gasteiger partial charge in [0, 0.05) is 17.5 Å². The first kappa shape index (κ1) is 18.2. The number of carbonyl (C=O) groups excluding carboxylic acids is 1. The molecule has 0 aliphatic rings. The van der Waals surface area contributed by atoms with E-state index in [4.69, 9.17) is 4.42 Å². The molecular formula is C19H20N2O4S.